The van der Waals surface area contributed by atoms with Crippen LogP contribution in [-0.4, -0.2) is 48.5 Å². The molecule has 0 nitrogen and oxygen atoms in total. The molecule has 0 aromatic rings. The minimum absolute atomic E-state index is 0. The van der Waals surface area contributed by atoms with Crippen LogP contribution in [0.2, 0.25) is 0 Å². The molecule has 0 aliphatic rings. The summed E-state index contributed by atoms with van der Waals surface area (Å²) in [6.07, 6.45) is 0. The minimum atomic E-state index is 0. The Morgan fingerprint density at radius 3 is 1.25 bits per heavy atom. The zero-order valence-electron chi connectivity index (χ0n) is 4.49. The zero-order chi connectivity index (χ0) is 0. The number of hydrogen-bond donors (Lipinski definition) is 0. The topological polar surface area (TPSA) is 0 Å². The molecule has 0 N–H and O–H groups in total. The van der Waals surface area contributed by atoms with Crippen molar-refractivity contribution in [1.29, 1.82) is 0 Å². The monoisotopic (exact) mass is 183 g/mol. The zero-order valence-corrected chi connectivity index (χ0v) is 8.97. The van der Waals surface area contributed by atoms with E-state index in [1.807, 2.05) is 0 Å². The van der Waals surface area contributed by atoms with Crippen molar-refractivity contribution >= 4 is 48.5 Å². The van der Waals surface area contributed by atoms with Crippen LogP contribution < -0.4 is 0 Å². The van der Waals surface area contributed by atoms with E-state index in [1.165, 1.54) is 0 Å². The Labute approximate surface area is 70.4 Å². The van der Waals surface area contributed by atoms with E-state index in [0.717, 1.165) is 0 Å². The molecule has 0 saturated carbocycles. The second kappa shape index (κ2) is 20.2. The Balaban J connectivity index is 0. The third-order valence-electron chi connectivity index (χ3n) is 0. The van der Waals surface area contributed by atoms with Crippen LogP contribution in [0.3, 0.4) is 0 Å². The molecule has 0 aromatic heterocycles. The summed E-state index contributed by atoms with van der Waals surface area (Å²) in [4.78, 5) is 0. The Bertz CT molecular complexity index is 13.5. The van der Waals surface area contributed by atoms with Crippen molar-refractivity contribution in [3.05, 3.63) is 0 Å². The van der Waals surface area contributed by atoms with Gasteiger partial charge in [-0.25, -0.2) is 0 Å². The van der Waals surface area contributed by atoms with Gasteiger partial charge in [0.15, 0.2) is 0 Å². The van der Waals surface area contributed by atoms with Gasteiger partial charge in [0.2, 0.25) is 0 Å². The van der Waals surface area contributed by atoms with Crippen molar-refractivity contribution in [2.75, 3.05) is 0 Å². The van der Waals surface area contributed by atoms with Gasteiger partial charge in [-0.2, -0.15) is 0 Å². The molecule has 0 heterocycles. The fourth-order valence-corrected chi connectivity index (χ4v) is 0. The molecular weight excluding hydrogens is 179 g/mol. The molecule has 3 radical (unpaired) electrons. The maximum absolute atomic E-state index is 0. The third kappa shape index (κ3) is 9.02. The van der Waals surface area contributed by atoms with Gasteiger partial charge >= 0.3 is 40.1 Å². The standard InChI is InChI=1S/B.Mg.H2Se.Zn.2H/h;;1H2;;;/q;+2;;;2*-1. The van der Waals surface area contributed by atoms with Crippen molar-refractivity contribution < 1.29 is 22.3 Å². The van der Waals surface area contributed by atoms with Gasteiger partial charge in [-0.15, -0.1) is 0 Å². The summed E-state index contributed by atoms with van der Waals surface area (Å²) in [5.74, 6) is 0. The average molecular weight is 183 g/mol. The average Bonchev–Trinajstić information content (AvgIpc) is 0. The molecule has 0 unspecified atom stereocenters. The van der Waals surface area contributed by atoms with Crippen molar-refractivity contribution in [2.45, 2.75) is 0 Å². The first-order chi connectivity index (χ1) is 0. The largest absolute Gasteiger partial charge is 0 e. The second-order valence-corrected chi connectivity index (χ2v) is 0. The molecule has 0 amide bonds. The van der Waals surface area contributed by atoms with E-state index in [0.29, 0.717) is 0 Å². The molecule has 0 rings (SSSR count). The summed E-state index contributed by atoms with van der Waals surface area (Å²) >= 11 is 0. The first kappa shape index (κ1) is 37.9. The molecule has 4 heavy (non-hydrogen) atoms. The van der Waals surface area contributed by atoms with Crippen molar-refractivity contribution in [3.8, 4) is 0 Å². The smallest absolute Gasteiger partial charge is 0 e. The van der Waals surface area contributed by atoms with Crippen LogP contribution >= 0.6 is 0 Å². The number of hydrogen-bond acceptors (Lipinski definition) is 0. The molecule has 0 aromatic carbocycles. The van der Waals surface area contributed by atoms with Gasteiger partial charge in [0.25, 0.3) is 0 Å². The Hall–Kier alpha value is 1.97. The maximum Gasteiger partial charge on any atom is 0 e. The first-order valence-electron chi connectivity index (χ1n) is 0. The normalized spacial score (nSPS) is 0. The molecule has 4 heteroatoms. The minimum Gasteiger partial charge on any atom is 0 e. The van der Waals surface area contributed by atoms with Gasteiger partial charge in [0.1, 0.15) is 0 Å². The molecule has 0 atom stereocenters. The van der Waals surface area contributed by atoms with Crippen LogP contribution in [0.25, 0.3) is 0 Å². The third-order valence-corrected chi connectivity index (χ3v) is 0. The Kier molecular flexibility index (Phi) is 191. The summed E-state index contributed by atoms with van der Waals surface area (Å²) in [7, 11) is 0. The fraction of sp³-hybridized carbons (Fsp3) is 0. The molecular formula is H4BMgSeZn. The van der Waals surface area contributed by atoms with E-state index in [1.54, 1.807) is 0 Å². The van der Waals surface area contributed by atoms with E-state index in [4.69, 9.17) is 0 Å². The van der Waals surface area contributed by atoms with Gasteiger partial charge < -0.3 is 2.85 Å². The van der Waals surface area contributed by atoms with Gasteiger partial charge in [0, 0.05) is 27.9 Å². The van der Waals surface area contributed by atoms with Gasteiger partial charge in [-0.05, 0) is 0 Å². The molecule has 0 fully saturated rings. The maximum atomic E-state index is 0. The Morgan fingerprint density at radius 2 is 1.25 bits per heavy atom. The van der Waals surface area contributed by atoms with E-state index < -0.39 is 0 Å². The van der Waals surface area contributed by atoms with Crippen molar-refractivity contribution in [3.63, 3.8) is 0 Å². The molecule has 0 bridgehead atoms. The first-order valence-corrected chi connectivity index (χ1v) is 0. The van der Waals surface area contributed by atoms with Crippen LogP contribution in [-0.2, 0) is 19.5 Å². The fourth-order valence-electron chi connectivity index (χ4n) is 0. The predicted molar refractivity (Wildman–Crippen MR) is 22.3 cm³/mol. The SMILES string of the molecule is [B].[H-].[H-].[Mg+2].[SeH2].[Zn]. The van der Waals surface area contributed by atoms with Crippen LogP contribution in [0.5, 0.6) is 0 Å². The van der Waals surface area contributed by atoms with Crippen molar-refractivity contribution in [2.24, 2.45) is 0 Å². The van der Waals surface area contributed by atoms with Crippen LogP contribution in [0, 0.1) is 0 Å². The molecule has 0 aliphatic heterocycles. The summed E-state index contributed by atoms with van der Waals surface area (Å²) in [5.41, 5.74) is 0. The van der Waals surface area contributed by atoms with Gasteiger partial charge in [-0.3, -0.25) is 0 Å². The van der Waals surface area contributed by atoms with E-state index in [9.17, 15) is 0 Å². The van der Waals surface area contributed by atoms with E-state index >= 15 is 0 Å². The number of rotatable bonds is 0. The summed E-state index contributed by atoms with van der Waals surface area (Å²) < 4.78 is 0. The van der Waals surface area contributed by atoms with Gasteiger partial charge in [0.05, 0.1) is 0 Å². The predicted octanol–water partition coefficient (Wildman–Crippen LogP) is -1.46. The van der Waals surface area contributed by atoms with Crippen LogP contribution in [0.4, 0.5) is 0 Å². The summed E-state index contributed by atoms with van der Waals surface area (Å²) in [5, 5.41) is 0. The van der Waals surface area contributed by atoms with Crippen LogP contribution in [0.1, 0.15) is 2.85 Å². The summed E-state index contributed by atoms with van der Waals surface area (Å²) in [6, 6.07) is 0. The van der Waals surface area contributed by atoms with E-state index in [2.05, 4.69) is 0 Å². The molecule has 0 aliphatic carbocycles. The van der Waals surface area contributed by atoms with Gasteiger partial charge in [-0.1, -0.05) is 0 Å². The molecule has 17 valence electrons. The quantitative estimate of drug-likeness (QED) is 0.403. The summed E-state index contributed by atoms with van der Waals surface area (Å²) in [6.45, 7) is 0. The van der Waals surface area contributed by atoms with E-state index in [-0.39, 0.29) is 70.9 Å². The molecule has 0 saturated heterocycles. The molecule has 0 spiro atoms. The second-order valence-electron chi connectivity index (χ2n) is 0. The Morgan fingerprint density at radius 1 is 1.25 bits per heavy atom. The van der Waals surface area contributed by atoms with Crippen molar-refractivity contribution in [1.82, 2.24) is 0 Å². The van der Waals surface area contributed by atoms with Crippen LogP contribution in [0.15, 0.2) is 0 Å².